The molecule has 3 rings (SSSR count). The summed E-state index contributed by atoms with van der Waals surface area (Å²) in [7, 11) is 0. The summed E-state index contributed by atoms with van der Waals surface area (Å²) in [5, 5.41) is 8.48. The monoisotopic (exact) mass is 414 g/mol. The minimum Gasteiger partial charge on any atom is -0.478 e. The number of aromatic nitrogens is 1. The van der Waals surface area contributed by atoms with E-state index in [1.54, 1.807) is 48.0 Å². The second kappa shape index (κ2) is 8.36. The van der Waals surface area contributed by atoms with Gasteiger partial charge >= 0.3 is 11.9 Å². The van der Waals surface area contributed by atoms with Crippen molar-refractivity contribution in [2.75, 3.05) is 6.61 Å². The predicted octanol–water partition coefficient (Wildman–Crippen LogP) is 3.16. The highest BCUT2D eigenvalue weighted by atomic mass is 32.2. The van der Waals surface area contributed by atoms with Crippen molar-refractivity contribution in [2.24, 2.45) is 0 Å². The van der Waals surface area contributed by atoms with Crippen molar-refractivity contribution in [3.63, 3.8) is 0 Å². The van der Waals surface area contributed by atoms with Crippen molar-refractivity contribution in [3.8, 4) is 5.69 Å². The Kier molecular flexibility index (Phi) is 5.88. The summed E-state index contributed by atoms with van der Waals surface area (Å²) in [6.45, 7) is 3.25. The van der Waals surface area contributed by atoms with Gasteiger partial charge in [0.2, 0.25) is 0 Å². The number of amides is 2. The molecule has 2 heterocycles. The number of carbonyl (C=O) groups is 4. The molecule has 1 fully saturated rings. The number of carbonyl (C=O) groups excluding carboxylic acids is 3. The number of hydrogen-bond donors (Lipinski definition) is 1. The first-order chi connectivity index (χ1) is 13.8. The van der Waals surface area contributed by atoms with Gasteiger partial charge in [0, 0.05) is 17.6 Å². The summed E-state index contributed by atoms with van der Waals surface area (Å²) in [6.07, 6.45) is 3.32. The first kappa shape index (κ1) is 20.4. The van der Waals surface area contributed by atoms with Gasteiger partial charge in [-0.3, -0.25) is 14.5 Å². The molecule has 0 saturated carbocycles. The fourth-order valence-electron chi connectivity index (χ4n) is 2.83. The van der Waals surface area contributed by atoms with Gasteiger partial charge in [-0.25, -0.2) is 9.59 Å². The lowest BCUT2D eigenvalue weighted by Gasteiger charge is -2.19. The molecule has 1 aliphatic heterocycles. The van der Waals surface area contributed by atoms with Crippen LogP contribution in [0, 0.1) is 0 Å². The SMILES string of the molecule is CCOC(=O)[C@@H](C)N1C(=O)S/C(=C/c2cccn2-c2ccc(C(=O)O)cc2)C1=O. The van der Waals surface area contributed by atoms with Crippen LogP contribution in [0.15, 0.2) is 47.5 Å². The van der Waals surface area contributed by atoms with E-state index in [-0.39, 0.29) is 17.1 Å². The summed E-state index contributed by atoms with van der Waals surface area (Å²) in [5.41, 5.74) is 1.49. The topological polar surface area (TPSA) is 106 Å². The van der Waals surface area contributed by atoms with Gasteiger partial charge in [-0.1, -0.05) is 0 Å². The molecule has 1 saturated heterocycles. The van der Waals surface area contributed by atoms with Crippen LogP contribution in [0.2, 0.25) is 0 Å². The van der Waals surface area contributed by atoms with E-state index in [2.05, 4.69) is 0 Å². The maximum Gasteiger partial charge on any atom is 0.335 e. The van der Waals surface area contributed by atoms with Crippen molar-refractivity contribution in [2.45, 2.75) is 19.9 Å². The van der Waals surface area contributed by atoms with E-state index in [1.165, 1.54) is 19.1 Å². The number of nitrogens with zero attached hydrogens (tertiary/aromatic N) is 2. The number of rotatable bonds is 6. The van der Waals surface area contributed by atoms with Crippen LogP contribution in [0.5, 0.6) is 0 Å². The van der Waals surface area contributed by atoms with Gasteiger partial charge < -0.3 is 14.4 Å². The molecule has 2 amide bonds. The van der Waals surface area contributed by atoms with E-state index < -0.39 is 29.1 Å². The molecule has 29 heavy (non-hydrogen) atoms. The standard InChI is InChI=1S/C20H18N2O6S/c1-3-28-19(26)12(2)22-17(23)16(29-20(22)27)11-15-5-4-10-21(15)14-8-6-13(7-9-14)18(24)25/h4-12H,3H2,1-2H3,(H,24,25)/b16-11+/t12-/m1/s1. The van der Waals surface area contributed by atoms with Crippen LogP contribution in [0.3, 0.4) is 0 Å². The Labute approximate surface area is 170 Å². The van der Waals surface area contributed by atoms with E-state index in [0.29, 0.717) is 11.4 Å². The molecule has 0 radical (unpaired) electrons. The molecule has 0 unspecified atom stereocenters. The van der Waals surface area contributed by atoms with Crippen molar-refractivity contribution < 1.29 is 29.0 Å². The maximum atomic E-state index is 12.7. The molecule has 8 nitrogen and oxygen atoms in total. The van der Waals surface area contributed by atoms with Gasteiger partial charge in [-0.05, 0) is 68.1 Å². The minimum atomic E-state index is -1.02. The first-order valence-corrected chi connectivity index (χ1v) is 9.60. The zero-order chi connectivity index (χ0) is 21.1. The molecule has 1 aromatic carbocycles. The van der Waals surface area contributed by atoms with Crippen molar-refractivity contribution in [3.05, 3.63) is 58.8 Å². The molecule has 1 N–H and O–H groups in total. The number of imide groups is 1. The smallest absolute Gasteiger partial charge is 0.335 e. The van der Waals surface area contributed by atoms with Crippen LogP contribution >= 0.6 is 11.8 Å². The molecular weight excluding hydrogens is 396 g/mol. The zero-order valence-electron chi connectivity index (χ0n) is 15.7. The van der Waals surface area contributed by atoms with Crippen molar-refractivity contribution in [1.82, 2.24) is 9.47 Å². The van der Waals surface area contributed by atoms with E-state index >= 15 is 0 Å². The molecule has 0 bridgehead atoms. The lowest BCUT2D eigenvalue weighted by Crippen LogP contribution is -2.42. The van der Waals surface area contributed by atoms with E-state index in [9.17, 15) is 19.2 Å². The van der Waals surface area contributed by atoms with E-state index in [4.69, 9.17) is 9.84 Å². The van der Waals surface area contributed by atoms with Crippen molar-refractivity contribution >= 4 is 40.9 Å². The lowest BCUT2D eigenvalue weighted by atomic mass is 10.2. The van der Waals surface area contributed by atoms with Gasteiger partial charge in [0.1, 0.15) is 6.04 Å². The summed E-state index contributed by atoms with van der Waals surface area (Å²) >= 11 is 0.754. The van der Waals surface area contributed by atoms with Crippen LogP contribution in [0.25, 0.3) is 11.8 Å². The molecule has 1 aromatic heterocycles. The summed E-state index contributed by atoms with van der Waals surface area (Å²) in [5.74, 6) is -2.22. The number of carboxylic acids is 1. The number of aromatic carboxylic acids is 1. The molecule has 0 aliphatic carbocycles. The quantitative estimate of drug-likeness (QED) is 0.572. The van der Waals surface area contributed by atoms with Crippen LogP contribution in [0.1, 0.15) is 29.9 Å². The highest BCUT2D eigenvalue weighted by molar-refractivity contribution is 8.18. The van der Waals surface area contributed by atoms with Crippen LogP contribution in [-0.4, -0.2) is 50.3 Å². The van der Waals surface area contributed by atoms with E-state index in [1.807, 2.05) is 0 Å². The average Bonchev–Trinajstić information content (AvgIpc) is 3.26. The number of ether oxygens (including phenoxy) is 1. The number of esters is 1. The third-order valence-electron chi connectivity index (χ3n) is 4.29. The highest BCUT2D eigenvalue weighted by Gasteiger charge is 2.41. The molecule has 1 aliphatic rings. The Morgan fingerprint density at radius 2 is 1.90 bits per heavy atom. The molecule has 2 aromatic rings. The van der Waals surface area contributed by atoms with Crippen LogP contribution in [0.4, 0.5) is 4.79 Å². The Hall–Kier alpha value is -3.33. The lowest BCUT2D eigenvalue weighted by molar-refractivity contribution is -0.150. The Bertz CT molecular complexity index is 1010. The van der Waals surface area contributed by atoms with Gasteiger partial charge in [-0.2, -0.15) is 0 Å². The molecule has 1 atom stereocenters. The number of thioether (sulfide) groups is 1. The zero-order valence-corrected chi connectivity index (χ0v) is 16.5. The Morgan fingerprint density at radius 3 is 2.52 bits per heavy atom. The van der Waals surface area contributed by atoms with Gasteiger partial charge in [-0.15, -0.1) is 0 Å². The van der Waals surface area contributed by atoms with Gasteiger partial charge in [0.15, 0.2) is 0 Å². The fourth-order valence-corrected chi connectivity index (χ4v) is 3.72. The second-order valence-corrected chi connectivity index (χ2v) is 7.13. The molecular formula is C20H18N2O6S. The normalized spacial score (nSPS) is 16.3. The summed E-state index contributed by atoms with van der Waals surface area (Å²) in [4.78, 5) is 49.0. The van der Waals surface area contributed by atoms with Gasteiger partial charge in [0.05, 0.1) is 17.1 Å². The largest absolute Gasteiger partial charge is 0.478 e. The van der Waals surface area contributed by atoms with E-state index in [0.717, 1.165) is 16.7 Å². The third-order valence-corrected chi connectivity index (χ3v) is 5.17. The van der Waals surface area contributed by atoms with Gasteiger partial charge in [0.25, 0.3) is 11.1 Å². The maximum absolute atomic E-state index is 12.7. The number of benzene rings is 1. The number of hydrogen-bond acceptors (Lipinski definition) is 6. The number of carboxylic acid groups (broad SMARTS) is 1. The molecule has 150 valence electrons. The predicted molar refractivity (Wildman–Crippen MR) is 107 cm³/mol. The second-order valence-electron chi connectivity index (χ2n) is 6.13. The fraction of sp³-hybridized carbons (Fsp3) is 0.200. The highest BCUT2D eigenvalue weighted by Crippen LogP contribution is 2.34. The van der Waals surface area contributed by atoms with Crippen molar-refractivity contribution in [1.29, 1.82) is 0 Å². The summed E-state index contributed by atoms with van der Waals surface area (Å²) < 4.78 is 6.66. The Morgan fingerprint density at radius 1 is 1.21 bits per heavy atom. The van der Waals surface area contributed by atoms with Crippen LogP contribution in [-0.2, 0) is 14.3 Å². The first-order valence-electron chi connectivity index (χ1n) is 8.78. The molecule has 0 spiro atoms. The third kappa shape index (κ3) is 4.09. The summed E-state index contributed by atoms with van der Waals surface area (Å²) in [6, 6.07) is 8.77. The van der Waals surface area contributed by atoms with Crippen LogP contribution < -0.4 is 0 Å². The molecule has 9 heteroatoms. The minimum absolute atomic E-state index is 0.156. The Balaban J connectivity index is 1.87. The average molecular weight is 414 g/mol.